The van der Waals surface area contributed by atoms with Crippen LogP contribution in [-0.2, 0) is 9.53 Å². The first-order valence-electron chi connectivity index (χ1n) is 7.82. The van der Waals surface area contributed by atoms with Crippen molar-refractivity contribution in [3.63, 3.8) is 0 Å². The number of rotatable bonds is 4. The first-order chi connectivity index (χ1) is 12.2. The summed E-state index contributed by atoms with van der Waals surface area (Å²) in [6, 6.07) is 15.7. The van der Waals surface area contributed by atoms with Gasteiger partial charge in [0.15, 0.2) is 11.0 Å². The number of esters is 1. The number of carbonyl (C=O) groups excluding carboxylic acids is 1. The van der Waals surface area contributed by atoms with Crippen LogP contribution in [0.15, 0.2) is 59.8 Å². The van der Waals surface area contributed by atoms with Crippen LogP contribution in [0.5, 0.6) is 0 Å². The molecule has 1 aromatic heterocycles. The molecule has 1 unspecified atom stereocenters. The zero-order valence-corrected chi connectivity index (χ0v) is 13.9. The Hall–Kier alpha value is -2.67. The minimum Gasteiger partial charge on any atom is -0.465 e. The lowest BCUT2D eigenvalue weighted by atomic mass is 10.2. The Balaban J connectivity index is 1.80. The highest BCUT2D eigenvalue weighted by Gasteiger charge is 2.30. The molecule has 0 spiro atoms. The number of nitrogens with zero attached hydrogens (tertiary/aromatic N) is 3. The highest BCUT2D eigenvalue weighted by Crippen LogP contribution is 2.33. The molecule has 0 saturated carbocycles. The molecule has 1 aliphatic rings. The van der Waals surface area contributed by atoms with Crippen LogP contribution in [0.3, 0.4) is 0 Å². The van der Waals surface area contributed by atoms with Gasteiger partial charge in [-0.2, -0.15) is 0 Å². The number of thioether (sulfide) groups is 1. The van der Waals surface area contributed by atoms with Gasteiger partial charge in [0.05, 0.1) is 6.61 Å². The Kier molecular flexibility index (Phi) is 4.23. The summed E-state index contributed by atoms with van der Waals surface area (Å²) in [6.45, 7) is 0.423. The molecular weight excluding hydrogens is 341 g/mol. The van der Waals surface area contributed by atoms with Gasteiger partial charge in [-0.05, 0) is 24.3 Å². The number of cyclic esters (lactones) is 1. The summed E-state index contributed by atoms with van der Waals surface area (Å²) in [5.41, 5.74) is 1.62. The Morgan fingerprint density at radius 3 is 2.52 bits per heavy atom. The fourth-order valence-corrected chi connectivity index (χ4v) is 3.67. The lowest BCUT2D eigenvalue weighted by Gasteiger charge is -2.11. The predicted molar refractivity (Wildman–Crippen MR) is 92.0 cm³/mol. The molecule has 0 amide bonds. The lowest BCUT2D eigenvalue weighted by Crippen LogP contribution is -2.11. The molecule has 1 saturated heterocycles. The van der Waals surface area contributed by atoms with E-state index in [9.17, 15) is 9.18 Å². The molecule has 1 atom stereocenters. The molecule has 5 nitrogen and oxygen atoms in total. The van der Waals surface area contributed by atoms with Gasteiger partial charge < -0.3 is 4.74 Å². The smallest absolute Gasteiger partial charge is 0.319 e. The minimum absolute atomic E-state index is 0.236. The van der Waals surface area contributed by atoms with Gasteiger partial charge in [0.1, 0.15) is 11.1 Å². The van der Waals surface area contributed by atoms with E-state index in [0.29, 0.717) is 24.0 Å². The summed E-state index contributed by atoms with van der Waals surface area (Å²) in [7, 11) is 0. The van der Waals surface area contributed by atoms with Crippen LogP contribution in [0.1, 0.15) is 6.42 Å². The van der Waals surface area contributed by atoms with E-state index in [1.54, 1.807) is 12.1 Å². The maximum Gasteiger partial charge on any atom is 0.319 e. The van der Waals surface area contributed by atoms with Crippen molar-refractivity contribution in [1.29, 1.82) is 0 Å². The molecule has 7 heteroatoms. The zero-order chi connectivity index (χ0) is 17.2. The van der Waals surface area contributed by atoms with Crippen LogP contribution in [-0.4, -0.2) is 32.6 Å². The number of ether oxygens (including phenoxy) is 1. The molecule has 3 aromatic rings. The molecule has 126 valence electrons. The van der Waals surface area contributed by atoms with Crippen molar-refractivity contribution >= 4 is 17.7 Å². The molecule has 0 radical (unpaired) electrons. The summed E-state index contributed by atoms with van der Waals surface area (Å²) in [5, 5.41) is 8.84. The molecule has 1 fully saturated rings. The van der Waals surface area contributed by atoms with E-state index >= 15 is 0 Å². The molecule has 1 aliphatic heterocycles. The van der Waals surface area contributed by atoms with Gasteiger partial charge in [-0.25, -0.2) is 4.39 Å². The van der Waals surface area contributed by atoms with E-state index in [0.717, 1.165) is 11.3 Å². The third kappa shape index (κ3) is 3.15. The van der Waals surface area contributed by atoms with Crippen LogP contribution in [0.4, 0.5) is 4.39 Å². The highest BCUT2D eigenvalue weighted by atomic mass is 32.2. The monoisotopic (exact) mass is 355 g/mol. The van der Waals surface area contributed by atoms with Crippen molar-refractivity contribution in [2.75, 3.05) is 6.61 Å². The molecule has 25 heavy (non-hydrogen) atoms. The van der Waals surface area contributed by atoms with Gasteiger partial charge in [0.25, 0.3) is 0 Å². The second-order valence-electron chi connectivity index (χ2n) is 5.55. The van der Waals surface area contributed by atoms with Crippen molar-refractivity contribution in [1.82, 2.24) is 14.8 Å². The van der Waals surface area contributed by atoms with Gasteiger partial charge in [-0.15, -0.1) is 10.2 Å². The van der Waals surface area contributed by atoms with E-state index in [1.165, 1.54) is 23.9 Å². The third-order valence-electron chi connectivity index (χ3n) is 3.89. The SMILES string of the molecule is O=C1OCCC1Sc1nnc(-c2ccccc2)n1-c1ccc(F)cc1. The summed E-state index contributed by atoms with van der Waals surface area (Å²) < 4.78 is 20.2. The largest absolute Gasteiger partial charge is 0.465 e. The van der Waals surface area contributed by atoms with Crippen molar-refractivity contribution in [3.8, 4) is 17.1 Å². The molecule has 4 rings (SSSR count). The summed E-state index contributed by atoms with van der Waals surface area (Å²) in [4.78, 5) is 11.8. The van der Waals surface area contributed by atoms with Crippen molar-refractivity contribution in [3.05, 3.63) is 60.4 Å². The molecule has 2 heterocycles. The van der Waals surface area contributed by atoms with Crippen molar-refractivity contribution in [2.24, 2.45) is 0 Å². The first-order valence-corrected chi connectivity index (χ1v) is 8.70. The highest BCUT2D eigenvalue weighted by molar-refractivity contribution is 8.00. The normalized spacial score (nSPS) is 16.8. The summed E-state index contributed by atoms with van der Waals surface area (Å²) >= 11 is 1.32. The number of benzene rings is 2. The van der Waals surface area contributed by atoms with Gasteiger partial charge in [-0.1, -0.05) is 42.1 Å². The summed E-state index contributed by atoms with van der Waals surface area (Å²) in [5.74, 6) is 0.0904. The zero-order valence-electron chi connectivity index (χ0n) is 13.1. The van der Waals surface area contributed by atoms with Gasteiger partial charge in [-0.3, -0.25) is 9.36 Å². The Morgan fingerprint density at radius 1 is 1.08 bits per heavy atom. The van der Waals surface area contributed by atoms with Crippen LogP contribution in [0.2, 0.25) is 0 Å². The molecular formula is C18H14FN3O2S. The van der Waals surface area contributed by atoms with Crippen LogP contribution < -0.4 is 0 Å². The second-order valence-corrected chi connectivity index (χ2v) is 6.72. The molecule has 0 bridgehead atoms. The molecule has 0 aliphatic carbocycles. The standard InChI is InChI=1S/C18H14FN3O2S/c19-13-6-8-14(9-7-13)22-16(12-4-2-1-3-5-12)20-21-18(22)25-15-10-11-24-17(15)23/h1-9,15H,10-11H2. The fraction of sp³-hybridized carbons (Fsp3) is 0.167. The van der Waals surface area contributed by atoms with E-state index < -0.39 is 0 Å². The average molecular weight is 355 g/mol. The van der Waals surface area contributed by atoms with Gasteiger partial charge in [0, 0.05) is 17.7 Å². The minimum atomic E-state index is -0.313. The van der Waals surface area contributed by atoms with Crippen LogP contribution in [0.25, 0.3) is 17.1 Å². The van der Waals surface area contributed by atoms with E-state index in [4.69, 9.17) is 4.74 Å². The molecule has 0 N–H and O–H groups in total. The number of aromatic nitrogens is 3. The summed E-state index contributed by atoms with van der Waals surface area (Å²) in [6.07, 6.45) is 0.639. The Labute approximate surface area is 147 Å². The lowest BCUT2D eigenvalue weighted by molar-refractivity contribution is -0.137. The van der Waals surface area contributed by atoms with Crippen molar-refractivity contribution < 1.29 is 13.9 Å². The quantitative estimate of drug-likeness (QED) is 0.671. The van der Waals surface area contributed by atoms with Crippen LogP contribution >= 0.6 is 11.8 Å². The number of carbonyl (C=O) groups is 1. The number of hydrogen-bond acceptors (Lipinski definition) is 5. The predicted octanol–water partition coefficient (Wildman–Crippen LogP) is 3.48. The van der Waals surface area contributed by atoms with Crippen molar-refractivity contribution in [2.45, 2.75) is 16.8 Å². The maximum absolute atomic E-state index is 13.3. The second kappa shape index (κ2) is 6.68. The Bertz CT molecular complexity index is 896. The van der Waals surface area contributed by atoms with E-state index in [1.807, 2.05) is 34.9 Å². The average Bonchev–Trinajstić information content (AvgIpc) is 3.24. The van der Waals surface area contributed by atoms with E-state index in [-0.39, 0.29) is 17.0 Å². The van der Waals surface area contributed by atoms with Gasteiger partial charge in [0.2, 0.25) is 0 Å². The number of halogens is 1. The number of hydrogen-bond donors (Lipinski definition) is 0. The Morgan fingerprint density at radius 2 is 1.84 bits per heavy atom. The van der Waals surface area contributed by atoms with E-state index in [2.05, 4.69) is 10.2 Å². The fourth-order valence-electron chi connectivity index (χ4n) is 2.66. The first kappa shape index (κ1) is 15.8. The van der Waals surface area contributed by atoms with Crippen LogP contribution in [0, 0.1) is 5.82 Å². The third-order valence-corrected chi connectivity index (χ3v) is 5.07. The topological polar surface area (TPSA) is 57.0 Å². The van der Waals surface area contributed by atoms with Gasteiger partial charge >= 0.3 is 5.97 Å². The maximum atomic E-state index is 13.3. The molecule has 2 aromatic carbocycles.